The van der Waals surface area contributed by atoms with Crippen LogP contribution in [0.2, 0.25) is 0 Å². The molecule has 0 saturated heterocycles. The Morgan fingerprint density at radius 1 is 1.19 bits per heavy atom. The number of likely N-dealkylation sites (N-methyl/N-ethyl adjacent to an activating group) is 1. The Bertz CT molecular complexity index is 979. The van der Waals surface area contributed by atoms with Gasteiger partial charge in [0.1, 0.15) is 5.82 Å². The monoisotopic (exact) mass is 366 g/mol. The van der Waals surface area contributed by atoms with E-state index < -0.39 is 5.97 Å². The number of aromatic hydroxyl groups is 1. The van der Waals surface area contributed by atoms with Crippen LogP contribution in [0.15, 0.2) is 36.5 Å². The first-order valence-electron chi connectivity index (χ1n) is 8.58. The molecule has 0 unspecified atom stereocenters. The molecule has 0 atom stereocenters. The molecule has 0 bridgehead atoms. The van der Waals surface area contributed by atoms with Gasteiger partial charge in [0.05, 0.1) is 17.0 Å². The quantitative estimate of drug-likeness (QED) is 0.620. The number of aromatic amines is 1. The molecule has 7 nitrogen and oxygen atoms in total. The average molecular weight is 366 g/mol. The fourth-order valence-corrected chi connectivity index (χ4v) is 2.86. The minimum atomic E-state index is -0.971. The van der Waals surface area contributed by atoms with Crippen molar-refractivity contribution in [3.8, 4) is 28.4 Å². The summed E-state index contributed by atoms with van der Waals surface area (Å²) in [6.07, 6.45) is 2.24. The lowest BCUT2D eigenvalue weighted by molar-refractivity contribution is 0.0696. The molecule has 140 valence electrons. The number of H-pyrrole nitrogens is 1. The third kappa shape index (κ3) is 4.15. The molecule has 1 aromatic carbocycles. The van der Waals surface area contributed by atoms with Crippen LogP contribution in [0.25, 0.3) is 22.5 Å². The third-order valence-electron chi connectivity index (χ3n) is 4.32. The molecule has 0 amide bonds. The van der Waals surface area contributed by atoms with E-state index in [0.717, 1.165) is 23.6 Å². The van der Waals surface area contributed by atoms with Crippen LogP contribution in [-0.4, -0.2) is 56.7 Å². The standard InChI is InChI=1S/C20H22N4O3/c1-12-4-5-13(10-15(12)20(26)27)18-19(14-6-8-21-17(25)11-14)23-16(22-18)7-9-24(2)3/h4-6,8,10-11H,7,9H2,1-3H3,(H,21,25)(H,22,23)(H,26,27). The van der Waals surface area contributed by atoms with Gasteiger partial charge in [-0.25, -0.2) is 14.8 Å². The molecule has 0 aliphatic heterocycles. The van der Waals surface area contributed by atoms with Gasteiger partial charge in [0, 0.05) is 36.4 Å². The first kappa shape index (κ1) is 18.6. The van der Waals surface area contributed by atoms with Crippen LogP contribution in [0.4, 0.5) is 0 Å². The second kappa shape index (κ2) is 7.59. The number of aromatic nitrogens is 3. The predicted molar refractivity (Wildman–Crippen MR) is 103 cm³/mol. The van der Waals surface area contributed by atoms with E-state index in [1.807, 2.05) is 20.2 Å². The van der Waals surface area contributed by atoms with Gasteiger partial charge >= 0.3 is 5.97 Å². The van der Waals surface area contributed by atoms with Gasteiger partial charge in [-0.3, -0.25) is 0 Å². The van der Waals surface area contributed by atoms with Crippen molar-refractivity contribution < 1.29 is 15.0 Å². The van der Waals surface area contributed by atoms with Crippen molar-refractivity contribution in [3.05, 3.63) is 53.5 Å². The van der Waals surface area contributed by atoms with E-state index in [2.05, 4.69) is 14.9 Å². The lowest BCUT2D eigenvalue weighted by atomic mass is 10.0. The van der Waals surface area contributed by atoms with Crippen molar-refractivity contribution in [1.82, 2.24) is 19.9 Å². The van der Waals surface area contributed by atoms with Crippen molar-refractivity contribution in [2.24, 2.45) is 0 Å². The van der Waals surface area contributed by atoms with E-state index in [4.69, 9.17) is 4.98 Å². The third-order valence-corrected chi connectivity index (χ3v) is 4.32. The molecule has 27 heavy (non-hydrogen) atoms. The van der Waals surface area contributed by atoms with Gasteiger partial charge in [-0.2, -0.15) is 0 Å². The highest BCUT2D eigenvalue weighted by Gasteiger charge is 2.17. The normalized spacial score (nSPS) is 11.1. The zero-order valence-corrected chi connectivity index (χ0v) is 15.5. The van der Waals surface area contributed by atoms with Crippen molar-refractivity contribution in [2.75, 3.05) is 20.6 Å². The fourth-order valence-electron chi connectivity index (χ4n) is 2.86. The smallest absolute Gasteiger partial charge is 0.335 e. The Kier molecular flexibility index (Phi) is 5.23. The summed E-state index contributed by atoms with van der Waals surface area (Å²) >= 11 is 0. The number of hydrogen-bond acceptors (Lipinski definition) is 5. The van der Waals surface area contributed by atoms with E-state index in [0.29, 0.717) is 23.2 Å². The van der Waals surface area contributed by atoms with Crippen molar-refractivity contribution in [2.45, 2.75) is 13.3 Å². The first-order valence-corrected chi connectivity index (χ1v) is 8.58. The van der Waals surface area contributed by atoms with Gasteiger partial charge in [-0.05, 0) is 38.7 Å². The zero-order valence-electron chi connectivity index (χ0n) is 15.5. The van der Waals surface area contributed by atoms with E-state index in [1.54, 1.807) is 31.2 Å². The van der Waals surface area contributed by atoms with Crippen LogP contribution >= 0.6 is 0 Å². The maximum atomic E-state index is 11.5. The summed E-state index contributed by atoms with van der Waals surface area (Å²) in [5, 5.41) is 19.2. The fraction of sp³-hybridized carbons (Fsp3) is 0.250. The maximum absolute atomic E-state index is 11.5. The van der Waals surface area contributed by atoms with Crippen molar-refractivity contribution >= 4 is 5.97 Å². The first-order chi connectivity index (χ1) is 12.8. The highest BCUT2D eigenvalue weighted by Crippen LogP contribution is 2.32. The molecule has 3 N–H and O–H groups in total. The summed E-state index contributed by atoms with van der Waals surface area (Å²) in [4.78, 5) is 25.4. The number of nitrogens with zero attached hydrogens (tertiary/aromatic N) is 3. The van der Waals surface area contributed by atoms with Crippen molar-refractivity contribution in [1.29, 1.82) is 0 Å². The number of carboxylic acid groups (broad SMARTS) is 1. The number of aryl methyl sites for hydroxylation is 1. The Balaban J connectivity index is 2.12. The molecular weight excluding hydrogens is 344 g/mol. The van der Waals surface area contributed by atoms with E-state index in [1.165, 1.54) is 6.20 Å². The van der Waals surface area contributed by atoms with E-state index in [9.17, 15) is 15.0 Å². The number of aromatic carboxylic acids is 1. The van der Waals surface area contributed by atoms with Crippen LogP contribution in [0, 0.1) is 6.92 Å². The second-order valence-electron chi connectivity index (χ2n) is 6.70. The summed E-state index contributed by atoms with van der Waals surface area (Å²) in [5.41, 5.74) is 3.75. The van der Waals surface area contributed by atoms with E-state index >= 15 is 0 Å². The molecule has 0 fully saturated rings. The molecule has 0 radical (unpaired) electrons. The number of nitrogens with one attached hydrogen (secondary N) is 1. The number of pyridine rings is 1. The molecule has 0 saturated carbocycles. The number of hydrogen-bond donors (Lipinski definition) is 3. The summed E-state index contributed by atoms with van der Waals surface area (Å²) in [6, 6.07) is 8.60. The van der Waals surface area contributed by atoms with Crippen LogP contribution in [0.5, 0.6) is 5.88 Å². The number of carboxylic acids is 1. The number of benzene rings is 1. The van der Waals surface area contributed by atoms with Gasteiger partial charge in [0.15, 0.2) is 0 Å². The highest BCUT2D eigenvalue weighted by atomic mass is 16.4. The second-order valence-corrected chi connectivity index (χ2v) is 6.70. The van der Waals surface area contributed by atoms with Crippen LogP contribution in [-0.2, 0) is 6.42 Å². The summed E-state index contributed by atoms with van der Waals surface area (Å²) < 4.78 is 0. The number of imidazole rings is 1. The van der Waals surface area contributed by atoms with Gasteiger partial charge in [0.25, 0.3) is 0 Å². The Morgan fingerprint density at radius 3 is 2.63 bits per heavy atom. The molecule has 3 aromatic rings. The van der Waals surface area contributed by atoms with Gasteiger partial charge in [-0.1, -0.05) is 12.1 Å². The minimum Gasteiger partial charge on any atom is -0.493 e. The van der Waals surface area contributed by atoms with Gasteiger partial charge in [0.2, 0.25) is 5.88 Å². The Morgan fingerprint density at radius 2 is 1.96 bits per heavy atom. The molecule has 0 spiro atoms. The van der Waals surface area contributed by atoms with E-state index in [-0.39, 0.29) is 11.4 Å². The summed E-state index contributed by atoms with van der Waals surface area (Å²) in [5.74, 6) is -0.263. The Hall–Kier alpha value is -3.19. The summed E-state index contributed by atoms with van der Waals surface area (Å²) in [6.45, 7) is 2.59. The van der Waals surface area contributed by atoms with Gasteiger partial charge in [-0.15, -0.1) is 0 Å². The maximum Gasteiger partial charge on any atom is 0.335 e. The highest BCUT2D eigenvalue weighted by molar-refractivity contribution is 5.92. The number of rotatable bonds is 6. The molecule has 0 aliphatic carbocycles. The topological polar surface area (TPSA) is 102 Å². The minimum absolute atomic E-state index is 0.0852. The van der Waals surface area contributed by atoms with Crippen LogP contribution in [0.1, 0.15) is 21.7 Å². The molecular formula is C20H22N4O3. The molecule has 3 rings (SSSR count). The SMILES string of the molecule is Cc1ccc(-c2nc(CCN(C)C)[nH]c2-c2ccnc(O)c2)cc1C(=O)O. The number of carbonyl (C=O) groups is 1. The predicted octanol–water partition coefficient (Wildman–Crippen LogP) is 2.96. The average Bonchev–Trinajstić information content (AvgIpc) is 3.04. The van der Waals surface area contributed by atoms with Crippen LogP contribution in [0.3, 0.4) is 0 Å². The van der Waals surface area contributed by atoms with Crippen LogP contribution < -0.4 is 0 Å². The largest absolute Gasteiger partial charge is 0.493 e. The molecule has 7 heteroatoms. The lowest BCUT2D eigenvalue weighted by Gasteiger charge is -2.06. The molecule has 2 heterocycles. The lowest BCUT2D eigenvalue weighted by Crippen LogP contribution is -2.15. The summed E-state index contributed by atoms with van der Waals surface area (Å²) in [7, 11) is 3.98. The molecule has 0 aliphatic rings. The van der Waals surface area contributed by atoms with Gasteiger partial charge < -0.3 is 20.1 Å². The molecule has 2 aromatic heterocycles. The zero-order chi connectivity index (χ0) is 19.6. The Labute approximate surface area is 157 Å². The van der Waals surface area contributed by atoms with Crippen molar-refractivity contribution in [3.63, 3.8) is 0 Å².